The van der Waals surface area contributed by atoms with Gasteiger partial charge >= 0.3 is 5.97 Å². The second-order valence-corrected chi connectivity index (χ2v) is 9.16. The van der Waals surface area contributed by atoms with Crippen LogP contribution in [0.15, 0.2) is 35.5 Å². The molecule has 2 rings (SSSR count). The molecule has 0 spiro atoms. The number of aromatic amines is 1. The average Bonchev–Trinajstić information content (AvgIpc) is 3.30. The number of hydrogen-bond acceptors (Lipinski definition) is 6. The molecule has 1 aromatic carbocycles. The third-order valence-corrected chi connectivity index (χ3v) is 6.29. The van der Waals surface area contributed by atoms with Crippen LogP contribution >= 0.6 is 0 Å². The van der Waals surface area contributed by atoms with Crippen LogP contribution in [0.1, 0.15) is 38.7 Å². The number of nitrogens with two attached hydrogens (primary N) is 3. The van der Waals surface area contributed by atoms with E-state index in [9.17, 15) is 24.3 Å². The Balaban J connectivity index is 1.99. The summed E-state index contributed by atoms with van der Waals surface area (Å²) in [4.78, 5) is 56.7. The van der Waals surface area contributed by atoms with E-state index < -0.39 is 48.4 Å². The topological polar surface area (TPSA) is 231 Å². The number of nitrogens with one attached hydrogen (secondary N) is 4. The summed E-state index contributed by atoms with van der Waals surface area (Å²) < 4.78 is 0. The molecule has 4 atom stereocenters. The molecule has 0 radical (unpaired) electrons. The van der Waals surface area contributed by atoms with E-state index in [2.05, 4.69) is 25.9 Å². The highest BCUT2D eigenvalue weighted by molar-refractivity contribution is 5.93. The van der Waals surface area contributed by atoms with Gasteiger partial charge < -0.3 is 43.2 Å². The van der Waals surface area contributed by atoms with Crippen LogP contribution in [0.25, 0.3) is 10.9 Å². The standard InChI is InChI=1S/C25H38N8O5/c1-3-14(2)21(26)23(36)33-18(9-6-10-29-25(27)28)22(35)31-13-20(34)32-19(24(37)38)11-15-12-30-17-8-5-4-7-16(15)17/h4-5,7-8,12,14,18-19,21,30H,3,6,9-11,13,26H2,1-2H3,(H,31,35)(H,32,34)(H,33,36)(H,37,38)(H4,27,28,29). The van der Waals surface area contributed by atoms with Crippen LogP contribution in [0.3, 0.4) is 0 Å². The van der Waals surface area contributed by atoms with Gasteiger partial charge in [-0.15, -0.1) is 0 Å². The summed E-state index contributed by atoms with van der Waals surface area (Å²) >= 11 is 0. The van der Waals surface area contributed by atoms with E-state index >= 15 is 0 Å². The van der Waals surface area contributed by atoms with E-state index in [4.69, 9.17) is 17.2 Å². The Morgan fingerprint density at radius 1 is 1.08 bits per heavy atom. The third kappa shape index (κ3) is 9.07. The summed E-state index contributed by atoms with van der Waals surface area (Å²) in [5.74, 6) is -3.19. The number of aliphatic carboxylic acids is 1. The summed E-state index contributed by atoms with van der Waals surface area (Å²) in [5.41, 5.74) is 18.2. The van der Waals surface area contributed by atoms with Crippen molar-refractivity contribution in [3.63, 3.8) is 0 Å². The van der Waals surface area contributed by atoms with E-state index in [-0.39, 0.29) is 31.3 Å². The number of carbonyl (C=O) groups is 4. The lowest BCUT2D eigenvalue weighted by Gasteiger charge is -2.23. The zero-order valence-corrected chi connectivity index (χ0v) is 21.7. The molecule has 208 valence electrons. The minimum absolute atomic E-state index is 0.0516. The van der Waals surface area contributed by atoms with Crippen molar-refractivity contribution in [3.05, 3.63) is 36.0 Å². The van der Waals surface area contributed by atoms with Crippen LogP contribution in [-0.2, 0) is 25.6 Å². The number of amides is 3. The van der Waals surface area contributed by atoms with E-state index in [1.165, 1.54) is 0 Å². The molecule has 11 N–H and O–H groups in total. The van der Waals surface area contributed by atoms with Crippen molar-refractivity contribution in [3.8, 4) is 0 Å². The van der Waals surface area contributed by atoms with Gasteiger partial charge in [-0.3, -0.25) is 19.4 Å². The highest BCUT2D eigenvalue weighted by Crippen LogP contribution is 2.19. The van der Waals surface area contributed by atoms with Gasteiger partial charge in [0.1, 0.15) is 12.1 Å². The quantitative estimate of drug-likeness (QED) is 0.0832. The second kappa shape index (κ2) is 14.6. The monoisotopic (exact) mass is 530 g/mol. The number of H-pyrrole nitrogens is 1. The van der Waals surface area contributed by atoms with Gasteiger partial charge in [0.05, 0.1) is 12.6 Å². The smallest absolute Gasteiger partial charge is 0.326 e. The molecule has 0 fully saturated rings. The first-order valence-corrected chi connectivity index (χ1v) is 12.5. The number of benzene rings is 1. The van der Waals surface area contributed by atoms with Crippen molar-refractivity contribution < 1.29 is 24.3 Å². The fraction of sp³-hybridized carbons (Fsp3) is 0.480. The minimum atomic E-state index is -1.21. The number of aromatic nitrogens is 1. The van der Waals surface area contributed by atoms with Crippen LogP contribution < -0.4 is 33.2 Å². The summed E-state index contributed by atoms with van der Waals surface area (Å²) in [7, 11) is 0. The van der Waals surface area contributed by atoms with Crippen molar-refractivity contribution >= 4 is 40.6 Å². The molecule has 13 nitrogen and oxygen atoms in total. The fourth-order valence-corrected chi connectivity index (χ4v) is 3.81. The maximum atomic E-state index is 12.8. The molecule has 1 aromatic heterocycles. The maximum absolute atomic E-state index is 12.8. The lowest BCUT2D eigenvalue weighted by molar-refractivity contribution is -0.141. The first-order valence-electron chi connectivity index (χ1n) is 12.5. The Bertz CT molecular complexity index is 1140. The number of carboxylic acid groups (broad SMARTS) is 1. The Hall–Kier alpha value is -4.13. The van der Waals surface area contributed by atoms with Gasteiger partial charge in [-0.2, -0.15) is 0 Å². The Morgan fingerprint density at radius 2 is 1.79 bits per heavy atom. The fourth-order valence-electron chi connectivity index (χ4n) is 3.81. The second-order valence-electron chi connectivity index (χ2n) is 9.16. The minimum Gasteiger partial charge on any atom is -0.480 e. The van der Waals surface area contributed by atoms with Crippen molar-refractivity contribution in [2.45, 2.75) is 57.7 Å². The summed E-state index contributed by atoms with van der Waals surface area (Å²) in [6.07, 6.45) is 3.01. The number of hydrogen-bond donors (Lipinski definition) is 8. The molecule has 13 heteroatoms. The molecule has 0 aliphatic rings. The molecule has 2 aromatic rings. The molecule has 1 heterocycles. The molecule has 0 bridgehead atoms. The van der Waals surface area contributed by atoms with Crippen molar-refractivity contribution in [2.75, 3.05) is 13.1 Å². The van der Waals surface area contributed by atoms with Gasteiger partial charge in [0, 0.05) is 30.1 Å². The van der Waals surface area contributed by atoms with Gasteiger partial charge in [0.2, 0.25) is 17.7 Å². The normalized spacial score (nSPS) is 14.1. The SMILES string of the molecule is CCC(C)C(N)C(=O)NC(CCCN=C(N)N)C(=O)NCC(=O)NC(Cc1c[nH]c2ccccc12)C(=O)O. The molecule has 3 amide bonds. The molecular formula is C25H38N8O5. The summed E-state index contributed by atoms with van der Waals surface area (Å²) in [6.45, 7) is 3.50. The van der Waals surface area contributed by atoms with Crippen LogP contribution in [0.5, 0.6) is 0 Å². The molecule has 0 aliphatic heterocycles. The zero-order chi connectivity index (χ0) is 28.2. The number of carbonyl (C=O) groups excluding carboxylic acids is 3. The highest BCUT2D eigenvalue weighted by Gasteiger charge is 2.27. The largest absolute Gasteiger partial charge is 0.480 e. The van der Waals surface area contributed by atoms with Gasteiger partial charge in [-0.1, -0.05) is 38.5 Å². The third-order valence-electron chi connectivity index (χ3n) is 6.29. The number of carboxylic acids is 1. The van der Waals surface area contributed by atoms with Crippen LogP contribution in [0, 0.1) is 5.92 Å². The molecule has 0 aliphatic carbocycles. The van der Waals surface area contributed by atoms with E-state index in [1.807, 2.05) is 38.1 Å². The molecular weight excluding hydrogens is 492 g/mol. The number of guanidine groups is 1. The van der Waals surface area contributed by atoms with Gasteiger partial charge in [0.25, 0.3) is 0 Å². The molecule has 0 saturated carbocycles. The lowest BCUT2D eigenvalue weighted by atomic mass is 9.98. The predicted molar refractivity (Wildman–Crippen MR) is 144 cm³/mol. The van der Waals surface area contributed by atoms with Crippen LogP contribution in [0.2, 0.25) is 0 Å². The van der Waals surface area contributed by atoms with E-state index in [1.54, 1.807) is 6.20 Å². The Labute approximate surface area is 221 Å². The summed E-state index contributed by atoms with van der Waals surface area (Å²) in [6, 6.07) is 4.42. The maximum Gasteiger partial charge on any atom is 0.326 e. The Morgan fingerprint density at radius 3 is 2.45 bits per heavy atom. The first-order chi connectivity index (χ1) is 18.0. The lowest BCUT2D eigenvalue weighted by Crippen LogP contribution is -2.54. The number of fused-ring (bicyclic) bond motifs is 1. The number of nitrogens with zero attached hydrogens (tertiary/aromatic N) is 1. The van der Waals surface area contributed by atoms with E-state index in [0.717, 1.165) is 16.5 Å². The van der Waals surface area contributed by atoms with E-state index in [0.29, 0.717) is 12.8 Å². The van der Waals surface area contributed by atoms with Gasteiger partial charge in [0.15, 0.2) is 5.96 Å². The zero-order valence-electron chi connectivity index (χ0n) is 21.7. The highest BCUT2D eigenvalue weighted by atomic mass is 16.4. The number of para-hydroxylation sites is 1. The molecule has 4 unspecified atom stereocenters. The number of rotatable bonds is 15. The van der Waals surface area contributed by atoms with Gasteiger partial charge in [-0.05, 0) is 30.4 Å². The Kier molecular flexibility index (Phi) is 11.5. The number of aliphatic imine (C=N–C) groups is 1. The predicted octanol–water partition coefficient (Wildman–Crippen LogP) is -0.692. The first kappa shape index (κ1) is 30.1. The van der Waals surface area contributed by atoms with Crippen LogP contribution in [0.4, 0.5) is 0 Å². The van der Waals surface area contributed by atoms with Crippen LogP contribution in [-0.4, -0.2) is 71.0 Å². The molecule has 38 heavy (non-hydrogen) atoms. The van der Waals surface area contributed by atoms with Crippen molar-refractivity contribution in [1.29, 1.82) is 0 Å². The average molecular weight is 531 g/mol. The van der Waals surface area contributed by atoms with Crippen molar-refractivity contribution in [2.24, 2.45) is 28.1 Å². The summed E-state index contributed by atoms with van der Waals surface area (Å²) in [5, 5.41) is 18.0. The van der Waals surface area contributed by atoms with Crippen molar-refractivity contribution in [1.82, 2.24) is 20.9 Å². The molecule has 0 saturated heterocycles. The van der Waals surface area contributed by atoms with Gasteiger partial charge in [-0.25, -0.2) is 4.79 Å².